The Morgan fingerprint density at radius 2 is 1.95 bits per heavy atom. The molecule has 0 aliphatic rings. The van der Waals surface area contributed by atoms with E-state index in [1.807, 2.05) is 6.92 Å². The van der Waals surface area contributed by atoms with Crippen molar-refractivity contribution in [3.8, 4) is 0 Å². The fourth-order valence-corrected chi connectivity index (χ4v) is 1.99. The number of carbonyl (C=O) groups is 1. The summed E-state index contributed by atoms with van der Waals surface area (Å²) < 4.78 is 0. The van der Waals surface area contributed by atoms with Gasteiger partial charge in [-0.15, -0.1) is 0 Å². The molecule has 0 aliphatic heterocycles. The summed E-state index contributed by atoms with van der Waals surface area (Å²) in [6, 6.07) is 4.41. The van der Waals surface area contributed by atoms with Gasteiger partial charge in [-0.2, -0.15) is 0 Å². The monoisotopic (exact) mass is 293 g/mol. The molecule has 0 saturated carbocycles. The summed E-state index contributed by atoms with van der Waals surface area (Å²) in [6.07, 6.45) is 1.85. The standard InChI is InChI=1S/C15H23N3O3/c1-10(2)5-6-11(3)17-15(19)13-9-12(16-4)7-8-14(13)18(20)21/h7-11,16H,5-6H2,1-4H3,(H,17,19). The Bertz CT molecular complexity index is 515. The van der Waals surface area contributed by atoms with Crippen LogP contribution in [-0.2, 0) is 0 Å². The van der Waals surface area contributed by atoms with Gasteiger partial charge in [0.2, 0.25) is 0 Å². The molecule has 0 aliphatic carbocycles. The molecular formula is C15H23N3O3. The number of rotatable bonds is 7. The quantitative estimate of drug-likeness (QED) is 0.597. The van der Waals surface area contributed by atoms with E-state index in [1.165, 1.54) is 12.1 Å². The first-order valence-electron chi connectivity index (χ1n) is 7.12. The average molecular weight is 293 g/mol. The van der Waals surface area contributed by atoms with Crippen LogP contribution in [-0.4, -0.2) is 23.9 Å². The summed E-state index contributed by atoms with van der Waals surface area (Å²) in [4.78, 5) is 22.7. The first-order chi connectivity index (χ1) is 9.85. The van der Waals surface area contributed by atoms with E-state index in [0.29, 0.717) is 11.6 Å². The summed E-state index contributed by atoms with van der Waals surface area (Å²) in [5.74, 6) is 0.154. The van der Waals surface area contributed by atoms with Crippen molar-refractivity contribution in [2.24, 2.45) is 5.92 Å². The third-order valence-electron chi connectivity index (χ3n) is 3.28. The zero-order valence-corrected chi connectivity index (χ0v) is 13.0. The molecule has 116 valence electrons. The first-order valence-corrected chi connectivity index (χ1v) is 7.12. The van der Waals surface area contributed by atoms with Crippen molar-refractivity contribution < 1.29 is 9.72 Å². The van der Waals surface area contributed by atoms with Gasteiger partial charge in [-0.3, -0.25) is 14.9 Å². The number of nitrogens with zero attached hydrogens (tertiary/aromatic N) is 1. The molecule has 6 heteroatoms. The summed E-state index contributed by atoms with van der Waals surface area (Å²) in [6.45, 7) is 6.15. The van der Waals surface area contributed by atoms with E-state index in [1.54, 1.807) is 13.1 Å². The van der Waals surface area contributed by atoms with E-state index in [0.717, 1.165) is 12.8 Å². The van der Waals surface area contributed by atoms with Crippen LogP contribution in [0.4, 0.5) is 11.4 Å². The number of nitrogens with one attached hydrogen (secondary N) is 2. The van der Waals surface area contributed by atoms with Crippen LogP contribution in [0.1, 0.15) is 44.0 Å². The maximum Gasteiger partial charge on any atom is 0.282 e. The van der Waals surface area contributed by atoms with Gasteiger partial charge in [0.25, 0.3) is 11.6 Å². The van der Waals surface area contributed by atoms with Gasteiger partial charge in [0.1, 0.15) is 5.56 Å². The summed E-state index contributed by atoms with van der Waals surface area (Å²) in [5.41, 5.74) is 0.575. The van der Waals surface area contributed by atoms with E-state index >= 15 is 0 Å². The van der Waals surface area contributed by atoms with Gasteiger partial charge in [0, 0.05) is 24.8 Å². The van der Waals surface area contributed by atoms with Gasteiger partial charge in [0.15, 0.2) is 0 Å². The summed E-state index contributed by atoms with van der Waals surface area (Å²) in [7, 11) is 1.70. The van der Waals surface area contributed by atoms with Gasteiger partial charge in [-0.05, 0) is 37.8 Å². The third kappa shape index (κ3) is 5.06. The number of hydrogen-bond acceptors (Lipinski definition) is 4. The highest BCUT2D eigenvalue weighted by molar-refractivity contribution is 5.99. The molecule has 0 heterocycles. The molecule has 21 heavy (non-hydrogen) atoms. The number of anilines is 1. The predicted molar refractivity (Wildman–Crippen MR) is 83.6 cm³/mol. The minimum Gasteiger partial charge on any atom is -0.388 e. The number of hydrogen-bond donors (Lipinski definition) is 2. The molecule has 0 radical (unpaired) electrons. The van der Waals surface area contributed by atoms with Gasteiger partial charge in [0.05, 0.1) is 4.92 Å². The molecule has 1 aromatic rings. The molecule has 0 saturated heterocycles. The molecule has 1 atom stereocenters. The summed E-state index contributed by atoms with van der Waals surface area (Å²) in [5, 5.41) is 16.7. The minimum atomic E-state index is -0.535. The molecule has 0 spiro atoms. The average Bonchev–Trinajstić information content (AvgIpc) is 2.44. The second kappa shape index (κ2) is 7.61. The van der Waals surface area contributed by atoms with Crippen LogP contribution in [0.15, 0.2) is 18.2 Å². The Labute approximate surface area is 125 Å². The molecule has 0 bridgehead atoms. The molecule has 2 N–H and O–H groups in total. The molecule has 1 unspecified atom stereocenters. The second-order valence-corrected chi connectivity index (χ2v) is 5.58. The summed E-state index contributed by atoms with van der Waals surface area (Å²) >= 11 is 0. The number of benzene rings is 1. The lowest BCUT2D eigenvalue weighted by atomic mass is 10.0. The van der Waals surface area contributed by atoms with Crippen molar-refractivity contribution in [1.82, 2.24) is 5.32 Å². The van der Waals surface area contributed by atoms with Crippen LogP contribution in [0.5, 0.6) is 0 Å². The zero-order chi connectivity index (χ0) is 16.0. The minimum absolute atomic E-state index is 0.0160. The van der Waals surface area contributed by atoms with Gasteiger partial charge in [-0.1, -0.05) is 13.8 Å². The van der Waals surface area contributed by atoms with Crippen molar-refractivity contribution >= 4 is 17.3 Å². The smallest absolute Gasteiger partial charge is 0.282 e. The number of carbonyl (C=O) groups excluding carboxylic acids is 1. The maximum absolute atomic E-state index is 12.2. The normalized spacial score (nSPS) is 12.0. The van der Waals surface area contributed by atoms with Crippen LogP contribution in [0.3, 0.4) is 0 Å². The van der Waals surface area contributed by atoms with E-state index in [9.17, 15) is 14.9 Å². The Morgan fingerprint density at radius 3 is 2.48 bits per heavy atom. The van der Waals surface area contributed by atoms with E-state index < -0.39 is 10.8 Å². The molecule has 0 aromatic heterocycles. The lowest BCUT2D eigenvalue weighted by Gasteiger charge is -2.15. The lowest BCUT2D eigenvalue weighted by Crippen LogP contribution is -2.33. The van der Waals surface area contributed by atoms with Crippen molar-refractivity contribution in [3.05, 3.63) is 33.9 Å². The van der Waals surface area contributed by atoms with Gasteiger partial charge in [-0.25, -0.2) is 0 Å². The molecule has 0 fully saturated rings. The highest BCUT2D eigenvalue weighted by atomic mass is 16.6. The van der Waals surface area contributed by atoms with E-state index in [2.05, 4.69) is 24.5 Å². The lowest BCUT2D eigenvalue weighted by molar-refractivity contribution is -0.385. The number of nitro groups is 1. The molecular weight excluding hydrogens is 270 g/mol. The van der Waals surface area contributed by atoms with E-state index in [4.69, 9.17) is 0 Å². The Kier molecular flexibility index (Phi) is 6.14. The Morgan fingerprint density at radius 1 is 1.29 bits per heavy atom. The molecule has 1 amide bonds. The van der Waals surface area contributed by atoms with Crippen LogP contribution in [0.2, 0.25) is 0 Å². The van der Waals surface area contributed by atoms with Crippen LogP contribution < -0.4 is 10.6 Å². The van der Waals surface area contributed by atoms with Crippen molar-refractivity contribution in [3.63, 3.8) is 0 Å². The van der Waals surface area contributed by atoms with E-state index in [-0.39, 0.29) is 17.3 Å². The van der Waals surface area contributed by atoms with Crippen LogP contribution >= 0.6 is 0 Å². The van der Waals surface area contributed by atoms with Crippen LogP contribution in [0, 0.1) is 16.0 Å². The first kappa shape index (κ1) is 16.9. The maximum atomic E-state index is 12.2. The number of amides is 1. The van der Waals surface area contributed by atoms with Crippen LogP contribution in [0.25, 0.3) is 0 Å². The second-order valence-electron chi connectivity index (χ2n) is 5.58. The Balaban J connectivity index is 2.87. The third-order valence-corrected chi connectivity index (χ3v) is 3.28. The predicted octanol–water partition coefficient (Wildman–Crippen LogP) is 3.19. The number of nitro benzene ring substituents is 1. The fourth-order valence-electron chi connectivity index (χ4n) is 1.99. The van der Waals surface area contributed by atoms with Gasteiger partial charge < -0.3 is 10.6 Å². The molecule has 1 aromatic carbocycles. The fraction of sp³-hybridized carbons (Fsp3) is 0.533. The highest BCUT2D eigenvalue weighted by Crippen LogP contribution is 2.22. The van der Waals surface area contributed by atoms with Crippen molar-refractivity contribution in [1.29, 1.82) is 0 Å². The molecule has 6 nitrogen and oxygen atoms in total. The highest BCUT2D eigenvalue weighted by Gasteiger charge is 2.21. The zero-order valence-electron chi connectivity index (χ0n) is 13.0. The van der Waals surface area contributed by atoms with Gasteiger partial charge >= 0.3 is 0 Å². The SMILES string of the molecule is CNc1ccc([N+](=O)[O-])c(C(=O)NC(C)CCC(C)C)c1. The van der Waals surface area contributed by atoms with Crippen molar-refractivity contribution in [2.75, 3.05) is 12.4 Å². The largest absolute Gasteiger partial charge is 0.388 e. The van der Waals surface area contributed by atoms with Crippen molar-refractivity contribution in [2.45, 2.75) is 39.7 Å². The topological polar surface area (TPSA) is 84.3 Å². The Hall–Kier alpha value is -2.11. The molecule has 1 rings (SSSR count).